The summed E-state index contributed by atoms with van der Waals surface area (Å²) in [5, 5.41) is 3.14. The number of ether oxygens (including phenoxy) is 1. The molecule has 0 unspecified atom stereocenters. The van der Waals surface area contributed by atoms with Crippen LogP contribution in [0.15, 0.2) is 28.6 Å². The Bertz CT molecular complexity index is 432. The first-order chi connectivity index (χ1) is 10.5. The number of likely N-dealkylation sites (N-methyl/N-ethyl adjacent to an activating group) is 1. The molecular weight excluding hydrogens is 286 g/mol. The predicted octanol–water partition coefficient (Wildman–Crippen LogP) is 0.590. The molecule has 1 amide bonds. The van der Waals surface area contributed by atoms with Gasteiger partial charge in [0.15, 0.2) is 0 Å². The van der Waals surface area contributed by atoms with Crippen molar-refractivity contribution >= 4 is 11.9 Å². The van der Waals surface area contributed by atoms with Crippen LogP contribution in [-0.2, 0) is 9.57 Å². The minimum atomic E-state index is -0.349. The molecule has 0 heterocycles. The quantitative estimate of drug-likeness (QED) is 0.199. The maximum absolute atomic E-state index is 11.5. The number of nitrogens with one attached hydrogen (secondary N) is 2. The summed E-state index contributed by atoms with van der Waals surface area (Å²) in [5.41, 5.74) is 9.76. The molecule has 0 bridgehead atoms. The van der Waals surface area contributed by atoms with Crippen LogP contribution in [0.2, 0.25) is 0 Å². The summed E-state index contributed by atoms with van der Waals surface area (Å²) in [6.07, 6.45) is 2.72. The van der Waals surface area contributed by atoms with Gasteiger partial charge in [-0.2, -0.15) is 5.48 Å². The van der Waals surface area contributed by atoms with Gasteiger partial charge in [-0.05, 0) is 19.9 Å². The number of aliphatic imine (C=N–C) groups is 1. The smallest absolute Gasteiger partial charge is 0.409 e. The van der Waals surface area contributed by atoms with E-state index in [0.717, 1.165) is 5.57 Å². The van der Waals surface area contributed by atoms with E-state index in [1.54, 1.807) is 34.1 Å². The second kappa shape index (κ2) is 11.4. The molecule has 0 aromatic heterocycles. The van der Waals surface area contributed by atoms with Gasteiger partial charge in [-0.3, -0.25) is 4.99 Å². The molecule has 0 fully saturated rings. The van der Waals surface area contributed by atoms with E-state index in [2.05, 4.69) is 15.8 Å². The highest BCUT2D eigenvalue weighted by Gasteiger charge is 2.09. The lowest BCUT2D eigenvalue weighted by Gasteiger charge is -2.18. The predicted molar refractivity (Wildman–Crippen MR) is 87.2 cm³/mol. The van der Waals surface area contributed by atoms with Crippen LogP contribution in [0.4, 0.5) is 4.79 Å². The first kappa shape index (κ1) is 19.8. The topological polar surface area (TPSA) is 101 Å². The van der Waals surface area contributed by atoms with E-state index in [1.165, 1.54) is 11.2 Å². The van der Waals surface area contributed by atoms with Crippen molar-refractivity contribution in [1.82, 2.24) is 15.7 Å². The molecule has 8 nitrogen and oxygen atoms in total. The third-order valence-electron chi connectivity index (χ3n) is 2.76. The Morgan fingerprint density at radius 1 is 1.45 bits per heavy atom. The summed E-state index contributed by atoms with van der Waals surface area (Å²) in [5.74, 6) is 0.656. The van der Waals surface area contributed by atoms with Crippen LogP contribution in [0.3, 0.4) is 0 Å². The summed E-state index contributed by atoms with van der Waals surface area (Å²) in [6, 6.07) is 0. The molecule has 0 aromatic carbocycles. The number of allylic oxidation sites excluding steroid dienone is 1. The SMILES string of the molecule is CCOC(=O)N(C)CCNC(=N/C)/C(C)=C(N)/C=C/ONC. The second-order valence-electron chi connectivity index (χ2n) is 4.32. The largest absolute Gasteiger partial charge is 0.450 e. The Labute approximate surface area is 132 Å². The molecule has 0 aliphatic rings. The number of carbonyl (C=O) groups excluding carboxylic acids is 1. The minimum absolute atomic E-state index is 0.349. The lowest BCUT2D eigenvalue weighted by molar-refractivity contribution is 0.117. The minimum Gasteiger partial charge on any atom is -0.450 e. The number of rotatable bonds is 8. The summed E-state index contributed by atoms with van der Waals surface area (Å²) in [6.45, 7) is 5.00. The highest BCUT2D eigenvalue weighted by atomic mass is 16.6. The molecule has 0 radical (unpaired) electrons. The molecule has 0 aromatic rings. The maximum atomic E-state index is 11.5. The first-order valence-electron chi connectivity index (χ1n) is 7.02. The van der Waals surface area contributed by atoms with Gasteiger partial charge in [0, 0.05) is 45.5 Å². The average Bonchev–Trinajstić information content (AvgIpc) is 2.51. The summed E-state index contributed by atoms with van der Waals surface area (Å²) in [7, 11) is 5.00. The number of hydrogen-bond acceptors (Lipinski definition) is 6. The van der Waals surface area contributed by atoms with Crippen molar-refractivity contribution in [2.45, 2.75) is 13.8 Å². The molecule has 0 aliphatic carbocycles. The highest BCUT2D eigenvalue weighted by molar-refractivity contribution is 5.98. The molecule has 0 atom stereocenters. The van der Waals surface area contributed by atoms with Gasteiger partial charge in [0.25, 0.3) is 0 Å². The fraction of sp³-hybridized carbons (Fsp3) is 0.571. The lowest BCUT2D eigenvalue weighted by Crippen LogP contribution is -2.37. The van der Waals surface area contributed by atoms with E-state index >= 15 is 0 Å². The van der Waals surface area contributed by atoms with E-state index in [4.69, 9.17) is 15.3 Å². The van der Waals surface area contributed by atoms with Gasteiger partial charge in [-0.15, -0.1) is 0 Å². The van der Waals surface area contributed by atoms with Gasteiger partial charge in [0.2, 0.25) is 0 Å². The van der Waals surface area contributed by atoms with Crippen molar-refractivity contribution in [3.63, 3.8) is 0 Å². The molecule has 0 saturated heterocycles. The fourth-order valence-corrected chi connectivity index (χ4v) is 1.48. The van der Waals surface area contributed by atoms with Crippen molar-refractivity contribution in [3.8, 4) is 0 Å². The van der Waals surface area contributed by atoms with E-state index in [0.29, 0.717) is 31.2 Å². The van der Waals surface area contributed by atoms with Crippen molar-refractivity contribution in [2.75, 3.05) is 40.8 Å². The van der Waals surface area contributed by atoms with Crippen LogP contribution < -0.4 is 16.5 Å². The van der Waals surface area contributed by atoms with Gasteiger partial charge >= 0.3 is 6.09 Å². The van der Waals surface area contributed by atoms with Crippen LogP contribution in [0.1, 0.15) is 13.8 Å². The van der Waals surface area contributed by atoms with Crippen LogP contribution in [0.25, 0.3) is 0 Å². The Balaban J connectivity index is 4.49. The van der Waals surface area contributed by atoms with Gasteiger partial charge < -0.3 is 25.5 Å². The van der Waals surface area contributed by atoms with E-state index in [1.807, 2.05) is 6.92 Å². The third-order valence-corrected chi connectivity index (χ3v) is 2.76. The molecule has 22 heavy (non-hydrogen) atoms. The van der Waals surface area contributed by atoms with Crippen LogP contribution >= 0.6 is 0 Å². The number of amidine groups is 1. The zero-order chi connectivity index (χ0) is 17.0. The van der Waals surface area contributed by atoms with E-state index in [9.17, 15) is 4.79 Å². The summed E-state index contributed by atoms with van der Waals surface area (Å²) in [4.78, 5) is 22.0. The second-order valence-corrected chi connectivity index (χ2v) is 4.32. The number of nitrogens with two attached hydrogens (primary N) is 1. The van der Waals surface area contributed by atoms with E-state index in [-0.39, 0.29) is 6.09 Å². The lowest BCUT2D eigenvalue weighted by atomic mass is 10.2. The average molecular weight is 313 g/mol. The Kier molecular flexibility index (Phi) is 10.3. The zero-order valence-electron chi connectivity index (χ0n) is 14.0. The monoisotopic (exact) mass is 313 g/mol. The highest BCUT2D eigenvalue weighted by Crippen LogP contribution is 2.01. The van der Waals surface area contributed by atoms with Gasteiger partial charge in [-0.1, -0.05) is 0 Å². The number of carbonyl (C=O) groups is 1. The third kappa shape index (κ3) is 7.53. The Morgan fingerprint density at radius 2 is 2.14 bits per heavy atom. The molecule has 0 aliphatic heterocycles. The number of hydrogen-bond donors (Lipinski definition) is 3. The molecule has 0 rings (SSSR count). The van der Waals surface area contributed by atoms with Crippen LogP contribution in [0, 0.1) is 0 Å². The molecule has 8 heteroatoms. The number of nitrogens with zero attached hydrogens (tertiary/aromatic N) is 2. The Hall–Kier alpha value is -2.22. The van der Waals surface area contributed by atoms with Gasteiger partial charge in [-0.25, -0.2) is 4.79 Å². The van der Waals surface area contributed by atoms with Crippen LogP contribution in [-0.4, -0.2) is 57.7 Å². The molecule has 126 valence electrons. The van der Waals surface area contributed by atoms with Crippen molar-refractivity contribution in [2.24, 2.45) is 10.7 Å². The number of amides is 1. The summed E-state index contributed by atoms with van der Waals surface area (Å²) < 4.78 is 4.90. The Morgan fingerprint density at radius 3 is 2.68 bits per heavy atom. The van der Waals surface area contributed by atoms with Gasteiger partial charge in [0.1, 0.15) is 12.1 Å². The first-order valence-corrected chi connectivity index (χ1v) is 7.02. The molecule has 0 saturated carbocycles. The van der Waals surface area contributed by atoms with E-state index < -0.39 is 0 Å². The fourth-order valence-electron chi connectivity index (χ4n) is 1.48. The maximum Gasteiger partial charge on any atom is 0.409 e. The molecule has 0 spiro atoms. The molecular formula is C14H27N5O3. The van der Waals surface area contributed by atoms with Crippen LogP contribution in [0.5, 0.6) is 0 Å². The van der Waals surface area contributed by atoms with Gasteiger partial charge in [0.05, 0.1) is 6.61 Å². The summed E-state index contributed by atoms with van der Waals surface area (Å²) >= 11 is 0. The zero-order valence-corrected chi connectivity index (χ0v) is 14.0. The van der Waals surface area contributed by atoms with Crippen molar-refractivity contribution in [3.05, 3.63) is 23.6 Å². The number of hydroxylamine groups is 1. The van der Waals surface area contributed by atoms with Crippen molar-refractivity contribution < 1.29 is 14.4 Å². The normalized spacial score (nSPS) is 12.9. The van der Waals surface area contributed by atoms with Crippen molar-refractivity contribution in [1.29, 1.82) is 0 Å². The molecule has 4 N–H and O–H groups in total. The standard InChI is InChI=1S/C14H27N5O3/c1-6-21-14(20)19(5)9-8-18-13(16-3)11(2)12(15)7-10-22-17-4/h7,10,17H,6,8-9,15H2,1-5H3,(H,16,18)/b10-7+,12-11-.